The minimum Gasteiger partial charge on any atom is -0.391 e. The minimum absolute atomic E-state index is 0.0101. The molecule has 3 nitrogen and oxygen atoms in total. The van der Waals surface area contributed by atoms with Gasteiger partial charge in [-0.15, -0.1) is 11.8 Å². The maximum Gasteiger partial charge on any atom is 0.255 e. The molecule has 1 aromatic carbocycles. The lowest BCUT2D eigenvalue weighted by Crippen LogP contribution is -2.46. The van der Waals surface area contributed by atoms with E-state index in [2.05, 4.69) is 0 Å². The summed E-state index contributed by atoms with van der Waals surface area (Å²) >= 11 is 1.58. The average Bonchev–Trinajstić information content (AvgIpc) is 2.46. The van der Waals surface area contributed by atoms with Crippen LogP contribution in [0.25, 0.3) is 0 Å². The number of benzene rings is 1. The van der Waals surface area contributed by atoms with Gasteiger partial charge in [0, 0.05) is 11.9 Å². The Hall–Kier alpha value is -1.00. The maximum atomic E-state index is 12.6. The zero-order valence-electron chi connectivity index (χ0n) is 11.5. The van der Waals surface area contributed by atoms with E-state index in [9.17, 15) is 9.90 Å². The Morgan fingerprint density at radius 3 is 2.68 bits per heavy atom. The van der Waals surface area contributed by atoms with Crippen molar-refractivity contribution in [1.82, 2.24) is 4.90 Å². The molecule has 1 fully saturated rings. The monoisotopic (exact) mass is 279 g/mol. The summed E-state index contributed by atoms with van der Waals surface area (Å²) in [4.78, 5) is 15.3. The van der Waals surface area contributed by atoms with Crippen LogP contribution in [0.5, 0.6) is 0 Å². The number of hydrogen-bond donors (Lipinski definition) is 1. The zero-order valence-corrected chi connectivity index (χ0v) is 12.3. The standard InChI is InChI=1S/C15H21NO2S/c1-16(12-8-4-5-9-13(12)17)15(18)11-7-3-6-10-14(11)19-2/h3,6-7,10,12-13,17H,4-5,8-9H2,1-2H3/t12-,13-/m0/s1. The van der Waals surface area contributed by atoms with E-state index >= 15 is 0 Å². The number of nitrogens with zero attached hydrogens (tertiary/aromatic N) is 1. The molecule has 0 aliphatic heterocycles. The number of hydrogen-bond acceptors (Lipinski definition) is 3. The van der Waals surface area contributed by atoms with Crippen LogP contribution < -0.4 is 0 Å². The number of aliphatic hydroxyl groups excluding tert-OH is 1. The number of thioether (sulfide) groups is 1. The second-order valence-corrected chi connectivity index (χ2v) is 5.88. The molecule has 1 aliphatic carbocycles. The molecule has 2 atom stereocenters. The van der Waals surface area contributed by atoms with Gasteiger partial charge in [0.1, 0.15) is 0 Å². The van der Waals surface area contributed by atoms with Gasteiger partial charge < -0.3 is 10.0 Å². The number of amides is 1. The highest BCUT2D eigenvalue weighted by molar-refractivity contribution is 7.98. The fourth-order valence-electron chi connectivity index (χ4n) is 2.71. The number of likely N-dealkylation sites (N-methyl/N-ethyl adjacent to an activating group) is 1. The third-order valence-corrected chi connectivity index (χ3v) is 4.64. The van der Waals surface area contributed by atoms with E-state index in [4.69, 9.17) is 0 Å². The van der Waals surface area contributed by atoms with Crippen LogP contribution in [-0.4, -0.2) is 41.4 Å². The number of carbonyl (C=O) groups is 1. The van der Waals surface area contributed by atoms with E-state index in [0.29, 0.717) is 0 Å². The Labute approximate surface area is 119 Å². The Bertz CT molecular complexity index is 450. The van der Waals surface area contributed by atoms with Gasteiger partial charge in [0.15, 0.2) is 0 Å². The molecule has 2 rings (SSSR count). The van der Waals surface area contributed by atoms with Gasteiger partial charge in [-0.1, -0.05) is 25.0 Å². The Kier molecular flexibility index (Phi) is 4.88. The van der Waals surface area contributed by atoms with Crippen LogP contribution in [0.3, 0.4) is 0 Å². The van der Waals surface area contributed by atoms with Crippen molar-refractivity contribution in [1.29, 1.82) is 0 Å². The summed E-state index contributed by atoms with van der Waals surface area (Å²) in [6, 6.07) is 7.61. The van der Waals surface area contributed by atoms with E-state index in [-0.39, 0.29) is 18.1 Å². The van der Waals surface area contributed by atoms with Crippen molar-refractivity contribution in [2.45, 2.75) is 42.7 Å². The van der Waals surface area contributed by atoms with Crippen LogP contribution in [0, 0.1) is 0 Å². The summed E-state index contributed by atoms with van der Waals surface area (Å²) in [5.41, 5.74) is 0.732. The molecule has 1 amide bonds. The Balaban J connectivity index is 2.18. The lowest BCUT2D eigenvalue weighted by molar-refractivity contribution is 0.0266. The lowest BCUT2D eigenvalue weighted by Gasteiger charge is -2.35. The quantitative estimate of drug-likeness (QED) is 0.865. The third-order valence-electron chi connectivity index (χ3n) is 3.85. The third kappa shape index (κ3) is 3.12. The van der Waals surface area contributed by atoms with Gasteiger partial charge in [-0.05, 0) is 31.2 Å². The van der Waals surface area contributed by atoms with E-state index in [1.165, 1.54) is 0 Å². The molecule has 0 spiro atoms. The Morgan fingerprint density at radius 2 is 2.00 bits per heavy atom. The SMILES string of the molecule is CSc1ccccc1C(=O)N(C)[C@H]1CCCC[C@@H]1O. The minimum atomic E-state index is -0.385. The van der Waals surface area contributed by atoms with E-state index < -0.39 is 0 Å². The van der Waals surface area contributed by atoms with Gasteiger partial charge in [-0.25, -0.2) is 0 Å². The normalized spacial score (nSPS) is 23.1. The van der Waals surface area contributed by atoms with Crippen molar-refractivity contribution in [2.24, 2.45) is 0 Å². The first kappa shape index (κ1) is 14.4. The van der Waals surface area contributed by atoms with Crippen LogP contribution in [-0.2, 0) is 0 Å². The first-order chi connectivity index (χ1) is 9.15. The predicted molar refractivity (Wildman–Crippen MR) is 78.6 cm³/mol. The Morgan fingerprint density at radius 1 is 1.32 bits per heavy atom. The molecule has 0 saturated heterocycles. The fourth-order valence-corrected chi connectivity index (χ4v) is 3.30. The summed E-state index contributed by atoms with van der Waals surface area (Å²) in [6.45, 7) is 0. The van der Waals surface area contributed by atoms with Gasteiger partial charge in [0.25, 0.3) is 5.91 Å². The maximum absolute atomic E-state index is 12.6. The van der Waals surface area contributed by atoms with Crippen molar-refractivity contribution >= 4 is 17.7 Å². The average molecular weight is 279 g/mol. The van der Waals surface area contributed by atoms with Crippen LogP contribution in [0.2, 0.25) is 0 Å². The molecular weight excluding hydrogens is 258 g/mol. The highest BCUT2D eigenvalue weighted by atomic mass is 32.2. The molecule has 0 unspecified atom stereocenters. The van der Waals surface area contributed by atoms with E-state index in [1.807, 2.05) is 30.5 Å². The first-order valence-corrected chi connectivity index (χ1v) is 7.96. The largest absolute Gasteiger partial charge is 0.391 e. The molecule has 1 saturated carbocycles. The highest BCUT2D eigenvalue weighted by Crippen LogP contribution is 2.26. The van der Waals surface area contributed by atoms with E-state index in [0.717, 1.165) is 36.1 Å². The van der Waals surface area contributed by atoms with Crippen molar-refractivity contribution in [3.05, 3.63) is 29.8 Å². The summed E-state index contributed by atoms with van der Waals surface area (Å²) < 4.78 is 0. The lowest BCUT2D eigenvalue weighted by atomic mass is 9.91. The highest BCUT2D eigenvalue weighted by Gasteiger charge is 2.30. The molecule has 0 aromatic heterocycles. The summed E-state index contributed by atoms with van der Waals surface area (Å²) in [5, 5.41) is 10.1. The molecule has 19 heavy (non-hydrogen) atoms. The van der Waals surface area contributed by atoms with Crippen LogP contribution in [0.4, 0.5) is 0 Å². The second-order valence-electron chi connectivity index (χ2n) is 5.04. The first-order valence-electron chi connectivity index (χ1n) is 6.73. The fraction of sp³-hybridized carbons (Fsp3) is 0.533. The van der Waals surface area contributed by atoms with Gasteiger partial charge in [-0.2, -0.15) is 0 Å². The van der Waals surface area contributed by atoms with Crippen molar-refractivity contribution in [2.75, 3.05) is 13.3 Å². The topological polar surface area (TPSA) is 40.5 Å². The summed E-state index contributed by atoms with van der Waals surface area (Å²) in [7, 11) is 1.80. The summed E-state index contributed by atoms with van der Waals surface area (Å²) in [6.07, 6.45) is 5.42. The molecule has 0 radical (unpaired) electrons. The smallest absolute Gasteiger partial charge is 0.255 e. The molecule has 4 heteroatoms. The van der Waals surface area contributed by atoms with E-state index in [1.54, 1.807) is 23.7 Å². The van der Waals surface area contributed by atoms with Crippen LogP contribution in [0.1, 0.15) is 36.0 Å². The number of aliphatic hydroxyl groups is 1. The van der Waals surface area contributed by atoms with Crippen molar-refractivity contribution in [3.8, 4) is 0 Å². The zero-order chi connectivity index (χ0) is 13.8. The molecule has 1 N–H and O–H groups in total. The van der Waals surface area contributed by atoms with Gasteiger partial charge >= 0.3 is 0 Å². The van der Waals surface area contributed by atoms with Gasteiger partial charge in [-0.3, -0.25) is 4.79 Å². The molecule has 1 aliphatic rings. The summed E-state index contributed by atoms with van der Waals surface area (Å²) in [5.74, 6) is 0.0101. The molecular formula is C15H21NO2S. The molecule has 104 valence electrons. The predicted octanol–water partition coefficient (Wildman–Crippen LogP) is 2.78. The molecule has 1 aromatic rings. The molecule has 0 heterocycles. The molecule has 0 bridgehead atoms. The second kappa shape index (κ2) is 6.44. The van der Waals surface area contributed by atoms with Crippen molar-refractivity contribution in [3.63, 3.8) is 0 Å². The van der Waals surface area contributed by atoms with Crippen molar-refractivity contribution < 1.29 is 9.90 Å². The van der Waals surface area contributed by atoms with Gasteiger partial charge in [0.2, 0.25) is 0 Å². The number of rotatable bonds is 3. The van der Waals surface area contributed by atoms with Crippen LogP contribution >= 0.6 is 11.8 Å². The number of carbonyl (C=O) groups excluding carboxylic acids is 1. The van der Waals surface area contributed by atoms with Gasteiger partial charge in [0.05, 0.1) is 17.7 Å². The van der Waals surface area contributed by atoms with Crippen LogP contribution in [0.15, 0.2) is 29.2 Å².